The molecule has 0 saturated heterocycles. The molecule has 4 aromatic rings. The van der Waals surface area contributed by atoms with E-state index in [1.807, 2.05) is 12.1 Å². The zero-order chi connectivity index (χ0) is 23.9. The van der Waals surface area contributed by atoms with Crippen LogP contribution >= 0.6 is 0 Å². The van der Waals surface area contributed by atoms with E-state index >= 15 is 0 Å². The van der Waals surface area contributed by atoms with E-state index in [-0.39, 0.29) is 18.3 Å². The monoisotopic (exact) mass is 462 g/mol. The molecule has 0 unspecified atom stereocenters. The van der Waals surface area contributed by atoms with E-state index in [4.69, 9.17) is 9.47 Å². The van der Waals surface area contributed by atoms with E-state index in [1.165, 1.54) is 12.1 Å². The first-order valence-corrected chi connectivity index (χ1v) is 10.4. The lowest BCUT2D eigenvalue weighted by Crippen LogP contribution is -2.24. The number of benzene rings is 2. The second-order valence-corrected chi connectivity index (χ2v) is 7.35. The molecule has 4 rings (SSSR count). The van der Waals surface area contributed by atoms with Gasteiger partial charge in [-0.1, -0.05) is 11.3 Å². The molecule has 0 aliphatic carbocycles. The predicted molar refractivity (Wildman–Crippen MR) is 124 cm³/mol. The van der Waals surface area contributed by atoms with Crippen molar-refractivity contribution in [2.45, 2.75) is 13.1 Å². The van der Waals surface area contributed by atoms with E-state index in [2.05, 4.69) is 25.9 Å². The maximum atomic E-state index is 13.5. The van der Waals surface area contributed by atoms with Crippen LogP contribution in [0.3, 0.4) is 0 Å². The molecule has 9 nitrogen and oxygen atoms in total. The molecule has 10 heteroatoms. The van der Waals surface area contributed by atoms with Crippen LogP contribution in [0, 0.1) is 5.82 Å². The summed E-state index contributed by atoms with van der Waals surface area (Å²) in [7, 11) is 3.19. The van der Waals surface area contributed by atoms with Crippen molar-refractivity contribution in [2.24, 2.45) is 0 Å². The number of nitrogens with one attached hydrogen (secondary N) is 2. The average Bonchev–Trinajstić information content (AvgIpc) is 3.29. The molecule has 0 aliphatic rings. The molecule has 2 aromatic carbocycles. The topological polar surface area (TPSA) is 103 Å². The Kier molecular flexibility index (Phi) is 6.97. The fourth-order valence-electron chi connectivity index (χ4n) is 3.30. The first-order valence-electron chi connectivity index (χ1n) is 10.4. The largest absolute Gasteiger partial charge is 0.497 e. The van der Waals surface area contributed by atoms with Crippen LogP contribution in [0.1, 0.15) is 21.6 Å². The Hall–Kier alpha value is -4.47. The zero-order valence-electron chi connectivity index (χ0n) is 18.7. The van der Waals surface area contributed by atoms with Gasteiger partial charge in [-0.15, -0.1) is 5.10 Å². The summed E-state index contributed by atoms with van der Waals surface area (Å²) in [5, 5.41) is 14.0. The van der Waals surface area contributed by atoms with Crippen molar-refractivity contribution in [3.63, 3.8) is 0 Å². The number of rotatable bonds is 9. The number of aromatic nitrogens is 4. The number of anilines is 2. The molecule has 0 atom stereocenters. The fourth-order valence-corrected chi connectivity index (χ4v) is 3.30. The van der Waals surface area contributed by atoms with Crippen LogP contribution in [0.15, 0.2) is 67.0 Å². The summed E-state index contributed by atoms with van der Waals surface area (Å²) in [5.74, 6) is 0.949. The summed E-state index contributed by atoms with van der Waals surface area (Å²) < 4.78 is 25.7. The van der Waals surface area contributed by atoms with Crippen LogP contribution < -0.4 is 20.1 Å². The van der Waals surface area contributed by atoms with Gasteiger partial charge in [0.05, 0.1) is 39.1 Å². The van der Waals surface area contributed by atoms with Crippen LogP contribution in [0.2, 0.25) is 0 Å². The number of carbonyl (C=O) groups excluding carboxylic acids is 1. The molecule has 0 aliphatic heterocycles. The highest BCUT2D eigenvalue weighted by atomic mass is 19.1. The minimum absolute atomic E-state index is 0.175. The van der Waals surface area contributed by atoms with Crippen molar-refractivity contribution < 1.29 is 18.7 Å². The smallest absolute Gasteiger partial charge is 0.255 e. The summed E-state index contributed by atoms with van der Waals surface area (Å²) in [6.45, 7) is 0.632. The summed E-state index contributed by atoms with van der Waals surface area (Å²) in [6.07, 6.45) is 3.30. The maximum absolute atomic E-state index is 13.5. The highest BCUT2D eigenvalue weighted by molar-refractivity contribution is 5.99. The van der Waals surface area contributed by atoms with Crippen LogP contribution in [0.4, 0.5) is 15.9 Å². The Morgan fingerprint density at radius 1 is 1.06 bits per heavy atom. The number of methoxy groups -OCH3 is 2. The Morgan fingerprint density at radius 2 is 1.85 bits per heavy atom. The fraction of sp³-hybridized carbons (Fsp3) is 0.167. The lowest BCUT2D eigenvalue weighted by Gasteiger charge is -2.11. The number of hydrogen-bond acceptors (Lipinski definition) is 7. The predicted octanol–water partition coefficient (Wildman–Crippen LogP) is 3.55. The number of carbonyl (C=O) groups is 1. The Bertz CT molecular complexity index is 1270. The van der Waals surface area contributed by atoms with E-state index in [9.17, 15) is 9.18 Å². The number of nitrogens with zero attached hydrogens (tertiary/aromatic N) is 4. The second kappa shape index (κ2) is 10.4. The van der Waals surface area contributed by atoms with Crippen molar-refractivity contribution in [3.05, 3.63) is 89.6 Å². The van der Waals surface area contributed by atoms with Crippen molar-refractivity contribution in [2.75, 3.05) is 19.5 Å². The van der Waals surface area contributed by atoms with Crippen molar-refractivity contribution in [1.29, 1.82) is 0 Å². The van der Waals surface area contributed by atoms with Gasteiger partial charge in [-0.2, -0.15) is 0 Å². The van der Waals surface area contributed by atoms with E-state index in [0.717, 1.165) is 5.56 Å². The first kappa shape index (κ1) is 22.7. The molecular formula is C24H23FN6O3. The first-order chi connectivity index (χ1) is 16.5. The second-order valence-electron chi connectivity index (χ2n) is 7.35. The average molecular weight is 462 g/mol. The molecule has 1 amide bonds. The van der Waals surface area contributed by atoms with Crippen molar-refractivity contribution in [1.82, 2.24) is 25.3 Å². The Labute approximate surface area is 195 Å². The molecule has 0 radical (unpaired) electrons. The van der Waals surface area contributed by atoms with Gasteiger partial charge in [0, 0.05) is 18.0 Å². The lowest BCUT2D eigenvalue weighted by molar-refractivity contribution is 0.0951. The van der Waals surface area contributed by atoms with E-state index in [0.29, 0.717) is 40.8 Å². The highest BCUT2D eigenvalue weighted by Crippen LogP contribution is 2.23. The standard InChI is InChI=1S/C24H23FN6O3/c1-33-20-9-16(10-21(12-20)34-2)14-31-15-19(29-30-31)13-27-24(32)22-7-4-8-26-23(22)28-18-6-3-5-17(25)11-18/h3-12,15H,13-14H2,1-2H3,(H,26,28)(H,27,32). The van der Waals surface area contributed by atoms with Crippen LogP contribution in [-0.2, 0) is 13.1 Å². The van der Waals surface area contributed by atoms with Gasteiger partial charge in [0.15, 0.2) is 0 Å². The number of hydrogen-bond donors (Lipinski definition) is 2. The molecule has 0 fully saturated rings. The Balaban J connectivity index is 1.40. The molecule has 174 valence electrons. The molecule has 2 N–H and O–H groups in total. The minimum atomic E-state index is -0.387. The summed E-state index contributed by atoms with van der Waals surface area (Å²) in [4.78, 5) is 17.0. The van der Waals surface area contributed by atoms with Gasteiger partial charge in [-0.3, -0.25) is 4.79 Å². The molecule has 0 bridgehead atoms. The van der Waals surface area contributed by atoms with Crippen LogP contribution in [0.5, 0.6) is 11.5 Å². The summed E-state index contributed by atoms with van der Waals surface area (Å²) >= 11 is 0. The number of pyridine rings is 1. The SMILES string of the molecule is COc1cc(Cn2cc(CNC(=O)c3cccnc3Nc3cccc(F)c3)nn2)cc(OC)c1. The zero-order valence-corrected chi connectivity index (χ0v) is 18.7. The number of amides is 1. The summed E-state index contributed by atoms with van der Waals surface area (Å²) in [5.41, 5.74) is 2.33. The van der Waals surface area contributed by atoms with Gasteiger partial charge in [0.25, 0.3) is 5.91 Å². The van der Waals surface area contributed by atoms with E-state index in [1.54, 1.807) is 61.6 Å². The maximum Gasteiger partial charge on any atom is 0.255 e. The van der Waals surface area contributed by atoms with Crippen LogP contribution in [-0.4, -0.2) is 40.1 Å². The minimum Gasteiger partial charge on any atom is -0.497 e. The van der Waals surface area contributed by atoms with Gasteiger partial charge >= 0.3 is 0 Å². The van der Waals surface area contributed by atoms with Crippen LogP contribution in [0.25, 0.3) is 0 Å². The van der Waals surface area contributed by atoms with Gasteiger partial charge < -0.3 is 20.1 Å². The Morgan fingerprint density at radius 3 is 2.59 bits per heavy atom. The van der Waals surface area contributed by atoms with Gasteiger partial charge in [0.1, 0.15) is 28.8 Å². The third-order valence-electron chi connectivity index (χ3n) is 4.91. The quantitative estimate of drug-likeness (QED) is 0.392. The van der Waals surface area contributed by atoms with Crippen molar-refractivity contribution >= 4 is 17.4 Å². The molecule has 2 heterocycles. The van der Waals surface area contributed by atoms with Crippen molar-refractivity contribution in [3.8, 4) is 11.5 Å². The normalized spacial score (nSPS) is 10.6. The lowest BCUT2D eigenvalue weighted by atomic mass is 10.2. The van der Waals surface area contributed by atoms with Gasteiger partial charge in [-0.25, -0.2) is 14.1 Å². The number of halogens is 1. The number of ether oxygens (including phenoxy) is 2. The molecular weight excluding hydrogens is 439 g/mol. The van der Waals surface area contributed by atoms with E-state index < -0.39 is 0 Å². The molecule has 2 aromatic heterocycles. The van der Waals surface area contributed by atoms with Gasteiger partial charge in [0.2, 0.25) is 0 Å². The summed E-state index contributed by atoms with van der Waals surface area (Å²) in [6, 6.07) is 14.8. The third-order valence-corrected chi connectivity index (χ3v) is 4.91. The third kappa shape index (κ3) is 5.66. The molecule has 34 heavy (non-hydrogen) atoms. The molecule has 0 saturated carbocycles. The van der Waals surface area contributed by atoms with Gasteiger partial charge in [-0.05, 0) is 48.0 Å². The highest BCUT2D eigenvalue weighted by Gasteiger charge is 2.14. The molecule has 0 spiro atoms.